The molecule has 8 heteroatoms. The van der Waals surface area contributed by atoms with Crippen molar-refractivity contribution in [1.29, 1.82) is 0 Å². The van der Waals surface area contributed by atoms with Gasteiger partial charge < -0.3 is 19.4 Å². The number of carbonyl (C=O) groups is 2. The van der Waals surface area contributed by atoms with Gasteiger partial charge in [-0.05, 0) is 11.6 Å². The van der Waals surface area contributed by atoms with E-state index in [1.54, 1.807) is 12.3 Å². The summed E-state index contributed by atoms with van der Waals surface area (Å²) in [5, 5.41) is 17.9. The number of fused-ring (bicyclic) bond motifs is 1. The Kier molecular flexibility index (Phi) is 4.05. The van der Waals surface area contributed by atoms with Crippen LogP contribution in [0.2, 0.25) is 0 Å². The lowest BCUT2D eigenvalue weighted by molar-refractivity contribution is -0.148. The van der Waals surface area contributed by atoms with Gasteiger partial charge in [0.2, 0.25) is 0 Å². The molecule has 1 unspecified atom stereocenters. The molecule has 7 nitrogen and oxygen atoms in total. The quantitative estimate of drug-likeness (QED) is 0.852. The molecule has 2 heterocycles. The molecule has 0 fully saturated rings. The third-order valence-corrected chi connectivity index (χ3v) is 3.54. The zero-order chi connectivity index (χ0) is 14.9. The van der Waals surface area contributed by atoms with Crippen molar-refractivity contribution in [3.8, 4) is 0 Å². The van der Waals surface area contributed by atoms with Gasteiger partial charge in [-0.15, -0.1) is 0 Å². The van der Waals surface area contributed by atoms with Gasteiger partial charge in [-0.3, -0.25) is 0 Å². The number of carboxylic acid groups (broad SMARTS) is 2. The highest BCUT2D eigenvalue weighted by Crippen LogP contribution is 2.21. The van der Waals surface area contributed by atoms with Crippen molar-refractivity contribution < 1.29 is 24.5 Å². The summed E-state index contributed by atoms with van der Waals surface area (Å²) in [5.74, 6) is -2.18. The van der Waals surface area contributed by atoms with E-state index in [2.05, 4.69) is 20.9 Å². The van der Waals surface area contributed by atoms with Gasteiger partial charge in [0.1, 0.15) is 5.65 Å². The minimum absolute atomic E-state index is 0.0735. The lowest BCUT2D eigenvalue weighted by Gasteiger charge is -2.12. The van der Waals surface area contributed by atoms with Crippen LogP contribution in [0.5, 0.6) is 0 Å². The average Bonchev–Trinajstić information content (AvgIpc) is 2.78. The van der Waals surface area contributed by atoms with Crippen molar-refractivity contribution in [2.24, 2.45) is 0 Å². The molecule has 0 saturated carbocycles. The maximum atomic E-state index is 11.0. The van der Waals surface area contributed by atoms with Gasteiger partial charge in [0.05, 0.1) is 0 Å². The fourth-order valence-electron chi connectivity index (χ4n) is 1.78. The van der Waals surface area contributed by atoms with E-state index in [9.17, 15) is 9.59 Å². The molecule has 0 saturated heterocycles. The van der Waals surface area contributed by atoms with E-state index >= 15 is 0 Å². The maximum Gasteiger partial charge on any atom is 0.356 e. The third-order valence-electron chi connectivity index (χ3n) is 2.80. The van der Waals surface area contributed by atoms with Gasteiger partial charge in [-0.2, -0.15) is 0 Å². The number of ether oxygens (including phenoxy) is 1. The second kappa shape index (κ2) is 5.59. The average molecular weight is 343 g/mol. The fraction of sp³-hybridized carbons (Fsp3) is 0.250. The van der Waals surface area contributed by atoms with Crippen LogP contribution in [0.15, 0.2) is 22.9 Å². The van der Waals surface area contributed by atoms with Crippen LogP contribution in [0.1, 0.15) is 16.1 Å². The standard InChI is InChI=1S/C12H11BrN2O5/c1-20-9(12(18)19)2-6-4-15-5-8(11(16)17)14-10(15)3-7(6)13/h3-5,9H,2H2,1H3,(H,16,17)(H,18,19). The first-order chi connectivity index (χ1) is 9.42. The first-order valence-corrected chi connectivity index (χ1v) is 6.37. The summed E-state index contributed by atoms with van der Waals surface area (Å²) in [6, 6.07) is 1.64. The Labute approximate surface area is 121 Å². The van der Waals surface area contributed by atoms with Crippen molar-refractivity contribution in [2.75, 3.05) is 7.11 Å². The zero-order valence-electron chi connectivity index (χ0n) is 10.4. The van der Waals surface area contributed by atoms with E-state index in [1.165, 1.54) is 17.7 Å². The maximum absolute atomic E-state index is 11.0. The Morgan fingerprint density at radius 3 is 2.70 bits per heavy atom. The Morgan fingerprint density at radius 1 is 1.45 bits per heavy atom. The van der Waals surface area contributed by atoms with E-state index in [1.807, 2.05) is 0 Å². The molecule has 2 aromatic rings. The van der Waals surface area contributed by atoms with E-state index in [-0.39, 0.29) is 12.1 Å². The number of aliphatic carboxylic acids is 1. The summed E-state index contributed by atoms with van der Waals surface area (Å²) in [7, 11) is 1.32. The summed E-state index contributed by atoms with van der Waals surface area (Å²) in [4.78, 5) is 25.8. The molecule has 1 atom stereocenters. The van der Waals surface area contributed by atoms with Gasteiger partial charge in [-0.25, -0.2) is 14.6 Å². The number of nitrogens with zero attached hydrogens (tertiary/aromatic N) is 2. The van der Waals surface area contributed by atoms with Crippen molar-refractivity contribution in [3.63, 3.8) is 0 Å². The number of aromatic nitrogens is 2. The monoisotopic (exact) mass is 342 g/mol. The number of rotatable bonds is 5. The molecule has 0 aromatic carbocycles. The number of hydrogen-bond acceptors (Lipinski definition) is 4. The van der Waals surface area contributed by atoms with Gasteiger partial charge >= 0.3 is 11.9 Å². The molecule has 2 aromatic heterocycles. The Hall–Kier alpha value is -1.93. The highest BCUT2D eigenvalue weighted by atomic mass is 79.9. The molecule has 0 radical (unpaired) electrons. The van der Waals surface area contributed by atoms with Crippen molar-refractivity contribution in [3.05, 3.63) is 34.2 Å². The molecule has 0 aliphatic carbocycles. The molecule has 0 aliphatic heterocycles. The summed E-state index contributed by atoms with van der Waals surface area (Å²) >= 11 is 3.32. The molecule has 2 rings (SSSR count). The van der Waals surface area contributed by atoms with Crippen LogP contribution in [-0.4, -0.2) is 44.8 Å². The Balaban J connectivity index is 2.41. The number of aromatic carboxylic acids is 1. The Morgan fingerprint density at radius 2 is 2.15 bits per heavy atom. The molecular formula is C12H11BrN2O5. The molecular weight excluding hydrogens is 332 g/mol. The lowest BCUT2D eigenvalue weighted by atomic mass is 10.1. The van der Waals surface area contributed by atoms with Gasteiger partial charge in [-0.1, -0.05) is 15.9 Å². The van der Waals surface area contributed by atoms with Crippen LogP contribution in [-0.2, 0) is 16.0 Å². The molecule has 20 heavy (non-hydrogen) atoms. The minimum Gasteiger partial charge on any atom is -0.479 e. The number of halogens is 1. The molecule has 0 spiro atoms. The number of carboxylic acids is 2. The van der Waals surface area contributed by atoms with Gasteiger partial charge in [0.25, 0.3) is 0 Å². The predicted octanol–water partition coefficient (Wildman–Crippen LogP) is 1.44. The lowest BCUT2D eigenvalue weighted by Crippen LogP contribution is -2.25. The van der Waals surface area contributed by atoms with Crippen LogP contribution in [0.3, 0.4) is 0 Å². The predicted molar refractivity (Wildman–Crippen MR) is 72.0 cm³/mol. The second-order valence-corrected chi connectivity index (χ2v) is 4.96. The molecule has 106 valence electrons. The van der Waals surface area contributed by atoms with Crippen molar-refractivity contribution in [2.45, 2.75) is 12.5 Å². The van der Waals surface area contributed by atoms with Crippen molar-refractivity contribution >= 4 is 33.5 Å². The van der Waals surface area contributed by atoms with Crippen LogP contribution in [0, 0.1) is 0 Å². The first-order valence-electron chi connectivity index (χ1n) is 5.58. The minimum atomic E-state index is -1.12. The second-order valence-electron chi connectivity index (χ2n) is 4.11. The SMILES string of the molecule is COC(Cc1cn2cc(C(=O)O)nc2cc1Br)C(=O)O. The first kappa shape index (κ1) is 14.5. The van der Waals surface area contributed by atoms with E-state index < -0.39 is 18.0 Å². The van der Waals surface area contributed by atoms with Crippen molar-refractivity contribution in [1.82, 2.24) is 9.38 Å². The highest BCUT2D eigenvalue weighted by Gasteiger charge is 2.19. The summed E-state index contributed by atoms with van der Waals surface area (Å²) < 4.78 is 7.08. The van der Waals surface area contributed by atoms with Crippen LogP contribution < -0.4 is 0 Å². The zero-order valence-corrected chi connectivity index (χ0v) is 12.0. The van der Waals surface area contributed by atoms with E-state index in [0.29, 0.717) is 15.7 Å². The van der Waals surface area contributed by atoms with Crippen LogP contribution in [0.25, 0.3) is 5.65 Å². The van der Waals surface area contributed by atoms with Crippen LogP contribution in [0.4, 0.5) is 0 Å². The molecule has 0 amide bonds. The van der Waals surface area contributed by atoms with E-state index in [0.717, 1.165) is 0 Å². The smallest absolute Gasteiger partial charge is 0.356 e. The number of methoxy groups -OCH3 is 1. The number of hydrogen-bond donors (Lipinski definition) is 2. The number of imidazole rings is 1. The summed E-state index contributed by atoms with van der Waals surface area (Å²) in [6.45, 7) is 0. The third kappa shape index (κ3) is 2.81. The molecule has 0 aliphatic rings. The normalized spacial score (nSPS) is 12.5. The topological polar surface area (TPSA) is 101 Å². The Bertz CT molecular complexity index is 682. The van der Waals surface area contributed by atoms with Gasteiger partial charge in [0, 0.05) is 30.4 Å². The van der Waals surface area contributed by atoms with Gasteiger partial charge in [0.15, 0.2) is 11.8 Å². The fourth-order valence-corrected chi connectivity index (χ4v) is 2.25. The molecule has 0 bridgehead atoms. The van der Waals surface area contributed by atoms with Crippen LogP contribution >= 0.6 is 15.9 Å². The van der Waals surface area contributed by atoms with E-state index in [4.69, 9.17) is 14.9 Å². The summed E-state index contributed by atoms with van der Waals surface area (Å²) in [5.41, 5.74) is 1.07. The summed E-state index contributed by atoms with van der Waals surface area (Å²) in [6.07, 6.45) is 2.19. The highest BCUT2D eigenvalue weighted by molar-refractivity contribution is 9.10. The number of pyridine rings is 1. The molecule has 2 N–H and O–H groups in total. The largest absolute Gasteiger partial charge is 0.479 e.